The lowest BCUT2D eigenvalue weighted by Gasteiger charge is -2.47. The van der Waals surface area contributed by atoms with Crippen LogP contribution in [0.4, 0.5) is 5.69 Å². The molecule has 0 aromatic heterocycles. The first-order chi connectivity index (χ1) is 16.9. The van der Waals surface area contributed by atoms with E-state index >= 15 is 0 Å². The minimum atomic E-state index is -0.405. The van der Waals surface area contributed by atoms with E-state index in [9.17, 15) is 9.59 Å². The smallest absolute Gasteiger partial charge is 0.238 e. The van der Waals surface area contributed by atoms with Crippen LogP contribution in [0.25, 0.3) is 0 Å². The highest BCUT2D eigenvalue weighted by atomic mass is 35.5. The third-order valence-electron chi connectivity index (χ3n) is 8.43. The molecular weight excluding hydrogens is 466 g/mol. The lowest BCUT2D eigenvalue weighted by Crippen LogP contribution is -2.42. The SMILES string of the molecule is CC(C)(C)c1ccc2c(c1)[C@H]1c3ccc(C(C)(C)C)cc3[C@H]2[C@H]2C(=O)N(c3cccc(Cl)c3)C(=O)[C@H]12. The molecule has 4 aliphatic rings. The van der Waals surface area contributed by atoms with Gasteiger partial charge in [0, 0.05) is 16.9 Å². The first-order valence-electron chi connectivity index (χ1n) is 12.8. The van der Waals surface area contributed by atoms with E-state index in [1.807, 2.05) is 0 Å². The van der Waals surface area contributed by atoms with Crippen molar-refractivity contribution < 1.29 is 9.59 Å². The quantitative estimate of drug-likeness (QED) is 0.330. The van der Waals surface area contributed by atoms with Gasteiger partial charge in [-0.15, -0.1) is 0 Å². The van der Waals surface area contributed by atoms with Crippen molar-refractivity contribution in [1.82, 2.24) is 0 Å². The summed E-state index contributed by atoms with van der Waals surface area (Å²) in [5.74, 6) is -1.31. The maximum Gasteiger partial charge on any atom is 0.238 e. The first-order valence-corrected chi connectivity index (χ1v) is 13.2. The van der Waals surface area contributed by atoms with Gasteiger partial charge in [0.2, 0.25) is 11.8 Å². The summed E-state index contributed by atoms with van der Waals surface area (Å²) in [5, 5.41) is 0.516. The van der Waals surface area contributed by atoms with Crippen LogP contribution >= 0.6 is 11.6 Å². The predicted octanol–water partition coefficient (Wildman–Crippen LogP) is 7.33. The fourth-order valence-electron chi connectivity index (χ4n) is 6.58. The Morgan fingerprint density at radius 1 is 0.639 bits per heavy atom. The monoisotopic (exact) mass is 497 g/mol. The second kappa shape index (κ2) is 7.55. The summed E-state index contributed by atoms with van der Waals surface area (Å²) < 4.78 is 0. The Morgan fingerprint density at radius 2 is 1.11 bits per heavy atom. The molecule has 2 bridgehead atoms. The summed E-state index contributed by atoms with van der Waals surface area (Å²) >= 11 is 6.26. The van der Waals surface area contributed by atoms with Crippen molar-refractivity contribution in [1.29, 1.82) is 0 Å². The molecule has 3 aromatic carbocycles. The van der Waals surface area contributed by atoms with Crippen LogP contribution in [0, 0.1) is 11.8 Å². The molecule has 1 aliphatic heterocycles. The number of imide groups is 1. The molecule has 4 atom stereocenters. The number of carbonyl (C=O) groups is 2. The Hall–Kier alpha value is -2.91. The second-order valence-corrected chi connectivity index (χ2v) is 13.1. The van der Waals surface area contributed by atoms with E-state index in [4.69, 9.17) is 11.6 Å². The number of carbonyl (C=O) groups excluding carboxylic acids is 2. The van der Waals surface area contributed by atoms with Crippen molar-refractivity contribution in [3.63, 3.8) is 0 Å². The molecule has 1 heterocycles. The summed E-state index contributed by atoms with van der Waals surface area (Å²) in [5.41, 5.74) is 7.86. The highest BCUT2D eigenvalue weighted by Gasteiger charge is 2.62. The number of rotatable bonds is 1. The van der Waals surface area contributed by atoms with E-state index in [1.54, 1.807) is 24.3 Å². The van der Waals surface area contributed by atoms with Gasteiger partial charge in [0.15, 0.2) is 0 Å². The molecule has 0 saturated carbocycles. The number of benzene rings is 3. The number of hydrogen-bond acceptors (Lipinski definition) is 2. The average Bonchev–Trinajstić information content (AvgIpc) is 3.07. The van der Waals surface area contributed by atoms with E-state index in [2.05, 4.69) is 77.9 Å². The number of nitrogens with zero attached hydrogens (tertiary/aromatic N) is 1. The zero-order valence-electron chi connectivity index (χ0n) is 21.7. The highest BCUT2D eigenvalue weighted by molar-refractivity contribution is 6.31. The van der Waals surface area contributed by atoms with E-state index < -0.39 is 11.8 Å². The third kappa shape index (κ3) is 3.25. The summed E-state index contributed by atoms with van der Waals surface area (Å²) in [4.78, 5) is 29.5. The van der Waals surface area contributed by atoms with Gasteiger partial charge in [-0.25, -0.2) is 4.90 Å². The summed E-state index contributed by atoms with van der Waals surface area (Å²) in [6.45, 7) is 13.3. The van der Waals surface area contributed by atoms with Gasteiger partial charge in [-0.2, -0.15) is 0 Å². The molecule has 0 radical (unpaired) electrons. The molecule has 184 valence electrons. The van der Waals surface area contributed by atoms with Crippen molar-refractivity contribution in [2.24, 2.45) is 11.8 Å². The number of anilines is 1. The van der Waals surface area contributed by atoms with Crippen LogP contribution in [0.2, 0.25) is 5.02 Å². The summed E-state index contributed by atoms with van der Waals surface area (Å²) in [6.07, 6.45) is 0. The van der Waals surface area contributed by atoms with E-state index in [0.717, 1.165) is 0 Å². The molecule has 0 N–H and O–H groups in total. The molecule has 4 heteroatoms. The minimum Gasteiger partial charge on any atom is -0.274 e. The topological polar surface area (TPSA) is 37.4 Å². The Bertz CT molecular complexity index is 1350. The second-order valence-electron chi connectivity index (χ2n) is 12.7. The van der Waals surface area contributed by atoms with Crippen LogP contribution in [0.1, 0.15) is 86.8 Å². The fourth-order valence-corrected chi connectivity index (χ4v) is 6.76. The van der Waals surface area contributed by atoms with Crippen LogP contribution in [0.5, 0.6) is 0 Å². The van der Waals surface area contributed by atoms with Gasteiger partial charge in [-0.05, 0) is 62.4 Å². The van der Waals surface area contributed by atoms with Gasteiger partial charge >= 0.3 is 0 Å². The van der Waals surface area contributed by atoms with Crippen LogP contribution in [0.3, 0.4) is 0 Å². The molecule has 1 saturated heterocycles. The van der Waals surface area contributed by atoms with Gasteiger partial charge in [0.05, 0.1) is 17.5 Å². The van der Waals surface area contributed by atoms with Crippen LogP contribution in [0.15, 0.2) is 60.7 Å². The van der Waals surface area contributed by atoms with E-state index in [1.165, 1.54) is 38.3 Å². The Morgan fingerprint density at radius 3 is 1.53 bits per heavy atom. The zero-order chi connectivity index (χ0) is 25.7. The van der Waals surface area contributed by atoms with Gasteiger partial charge in [0.1, 0.15) is 0 Å². The lowest BCUT2D eigenvalue weighted by atomic mass is 9.54. The summed E-state index contributed by atoms with van der Waals surface area (Å²) in [6, 6.07) is 20.5. The molecular formula is C32H32ClNO2. The fraction of sp³-hybridized carbons (Fsp3) is 0.375. The standard InChI is InChI=1S/C32H32ClNO2/c1-31(2,3)17-10-12-21-23(14-17)25-22-13-11-18(32(4,5)6)15-24(22)26(21)28-27(25)29(35)34(30(28)36)20-9-7-8-19(33)16-20/h7-16,25-28H,1-6H3/t25-,26+,27-,28-/m1/s1. The number of halogens is 1. The maximum atomic E-state index is 14.0. The molecule has 3 aromatic rings. The first kappa shape index (κ1) is 23.5. The third-order valence-corrected chi connectivity index (χ3v) is 8.66. The predicted molar refractivity (Wildman–Crippen MR) is 145 cm³/mol. The number of hydrogen-bond donors (Lipinski definition) is 0. The van der Waals surface area contributed by atoms with Crippen molar-refractivity contribution >= 4 is 29.1 Å². The molecule has 36 heavy (non-hydrogen) atoms. The van der Waals surface area contributed by atoms with Crippen molar-refractivity contribution in [3.05, 3.63) is 99.1 Å². The molecule has 2 amide bonds. The molecule has 0 spiro atoms. The largest absolute Gasteiger partial charge is 0.274 e. The zero-order valence-corrected chi connectivity index (χ0v) is 22.5. The van der Waals surface area contributed by atoms with Crippen molar-refractivity contribution in [3.8, 4) is 0 Å². The van der Waals surface area contributed by atoms with Crippen LogP contribution in [-0.2, 0) is 20.4 Å². The molecule has 3 aliphatic carbocycles. The average molecular weight is 498 g/mol. The van der Waals surface area contributed by atoms with E-state index in [-0.39, 0.29) is 34.5 Å². The van der Waals surface area contributed by atoms with Gasteiger partial charge in [-0.3, -0.25) is 9.59 Å². The van der Waals surface area contributed by atoms with Crippen molar-refractivity contribution in [2.75, 3.05) is 4.90 Å². The van der Waals surface area contributed by atoms with Gasteiger partial charge in [-0.1, -0.05) is 95.6 Å². The summed E-state index contributed by atoms with van der Waals surface area (Å²) in [7, 11) is 0. The minimum absolute atomic E-state index is 0.00757. The molecule has 7 rings (SSSR count). The van der Waals surface area contributed by atoms with Gasteiger partial charge < -0.3 is 0 Å². The van der Waals surface area contributed by atoms with Crippen LogP contribution in [-0.4, -0.2) is 11.8 Å². The van der Waals surface area contributed by atoms with Gasteiger partial charge in [0.25, 0.3) is 0 Å². The molecule has 0 unspecified atom stereocenters. The van der Waals surface area contributed by atoms with Crippen LogP contribution < -0.4 is 4.90 Å². The molecule has 1 fully saturated rings. The number of amides is 2. The lowest BCUT2D eigenvalue weighted by molar-refractivity contribution is -0.122. The Kier molecular flexibility index (Phi) is 4.93. The Balaban J connectivity index is 1.58. The Labute approximate surface area is 218 Å². The maximum absolute atomic E-state index is 14.0. The highest BCUT2D eigenvalue weighted by Crippen LogP contribution is 2.62. The molecule has 3 nitrogen and oxygen atoms in total. The normalized spacial score (nSPS) is 24.6. The van der Waals surface area contributed by atoms with E-state index in [0.29, 0.717) is 10.7 Å². The van der Waals surface area contributed by atoms with Crippen molar-refractivity contribution in [2.45, 2.75) is 64.2 Å².